The third-order valence-electron chi connectivity index (χ3n) is 4.50. The molecule has 1 N–H and O–H groups in total. The molecule has 2 aromatic carbocycles. The minimum atomic E-state index is -0.586. The number of carbonyl (C=O) groups excluding carboxylic acids is 1. The highest BCUT2D eigenvalue weighted by atomic mass is 16.5. The van der Waals surface area contributed by atoms with Crippen LogP contribution in [0.25, 0.3) is 0 Å². The molecule has 3 aromatic rings. The number of nitrogens with zero attached hydrogens (tertiary/aromatic N) is 2. The van der Waals surface area contributed by atoms with Crippen LogP contribution < -0.4 is 20.5 Å². The van der Waals surface area contributed by atoms with Crippen LogP contribution in [0.2, 0.25) is 0 Å². The van der Waals surface area contributed by atoms with Gasteiger partial charge in [-0.2, -0.15) is 5.10 Å². The third kappa shape index (κ3) is 4.75. The lowest BCUT2D eigenvalue weighted by atomic mass is 10.1. The molecule has 1 heterocycles. The van der Waals surface area contributed by atoms with Gasteiger partial charge in [-0.05, 0) is 36.8 Å². The number of carbonyl (C=O) groups is 1. The molecular weight excluding hydrogens is 382 g/mol. The number of aromatic nitrogens is 1. The van der Waals surface area contributed by atoms with E-state index in [2.05, 4.69) is 10.5 Å². The van der Waals surface area contributed by atoms with Crippen molar-refractivity contribution in [1.29, 1.82) is 0 Å². The van der Waals surface area contributed by atoms with Gasteiger partial charge in [-0.25, -0.2) is 5.43 Å². The number of benzene rings is 2. The largest absolute Gasteiger partial charge is 0.493 e. The lowest BCUT2D eigenvalue weighted by Gasteiger charge is -2.09. The summed E-state index contributed by atoms with van der Waals surface area (Å²) in [5.41, 5.74) is 4.75. The molecule has 7 heteroatoms. The minimum Gasteiger partial charge on any atom is -0.493 e. The number of rotatable bonds is 7. The summed E-state index contributed by atoms with van der Waals surface area (Å²) < 4.78 is 12.1. The Morgan fingerprint density at radius 3 is 2.63 bits per heavy atom. The van der Waals surface area contributed by atoms with E-state index in [1.54, 1.807) is 30.5 Å². The molecule has 0 aliphatic carbocycles. The summed E-state index contributed by atoms with van der Waals surface area (Å²) >= 11 is 0. The van der Waals surface area contributed by atoms with Gasteiger partial charge in [-0.15, -0.1) is 0 Å². The smallest absolute Gasteiger partial charge is 0.276 e. The second-order valence-corrected chi connectivity index (χ2v) is 6.63. The number of hydrogen-bond donors (Lipinski definition) is 1. The van der Waals surface area contributed by atoms with Gasteiger partial charge in [0.25, 0.3) is 11.5 Å². The van der Waals surface area contributed by atoms with Gasteiger partial charge in [0, 0.05) is 11.8 Å². The number of para-hydroxylation sites is 1. The number of ether oxygens (including phenoxy) is 2. The number of aryl methyl sites for hydroxylation is 1. The molecule has 154 valence electrons. The SMILES string of the molecule is COc1cccc(/C=N\NC(=O)c2cccn(Cc3cccc(C)c3)c2=O)c1OC. The standard InChI is InChI=1S/C23H23N3O4/c1-16-7-4-8-17(13-16)15-26-12-6-10-19(23(26)28)22(27)25-24-14-18-9-5-11-20(29-2)21(18)30-3/h4-14H,15H2,1-3H3,(H,25,27)/b24-14-. The van der Waals surface area contributed by atoms with Crippen LogP contribution in [-0.2, 0) is 6.54 Å². The van der Waals surface area contributed by atoms with Crippen LogP contribution in [0.5, 0.6) is 11.5 Å². The molecule has 0 bridgehead atoms. The Hall–Kier alpha value is -3.87. The van der Waals surface area contributed by atoms with Gasteiger partial charge < -0.3 is 14.0 Å². The Labute approximate surface area is 174 Å². The van der Waals surface area contributed by atoms with Gasteiger partial charge in [-0.1, -0.05) is 35.9 Å². The van der Waals surface area contributed by atoms with Crippen LogP contribution in [0.15, 0.2) is 70.7 Å². The summed E-state index contributed by atoms with van der Waals surface area (Å²) in [6.45, 7) is 2.37. The van der Waals surface area contributed by atoms with E-state index in [1.807, 2.05) is 31.2 Å². The zero-order valence-electron chi connectivity index (χ0n) is 17.1. The van der Waals surface area contributed by atoms with E-state index >= 15 is 0 Å². The molecule has 0 aliphatic heterocycles. The lowest BCUT2D eigenvalue weighted by molar-refractivity contribution is 0.0953. The molecule has 1 aromatic heterocycles. The zero-order chi connectivity index (χ0) is 21.5. The monoisotopic (exact) mass is 405 g/mol. The molecule has 0 atom stereocenters. The fourth-order valence-electron chi connectivity index (χ4n) is 3.08. The van der Waals surface area contributed by atoms with Crippen molar-refractivity contribution in [2.24, 2.45) is 5.10 Å². The highest BCUT2D eigenvalue weighted by Crippen LogP contribution is 2.29. The van der Waals surface area contributed by atoms with Crippen molar-refractivity contribution < 1.29 is 14.3 Å². The first-order valence-corrected chi connectivity index (χ1v) is 9.33. The van der Waals surface area contributed by atoms with Crippen LogP contribution in [0.3, 0.4) is 0 Å². The summed E-state index contributed by atoms with van der Waals surface area (Å²) in [4.78, 5) is 25.2. The number of hydrazone groups is 1. The van der Waals surface area contributed by atoms with Crippen LogP contribution in [-0.4, -0.2) is 30.9 Å². The van der Waals surface area contributed by atoms with Gasteiger partial charge in [0.15, 0.2) is 11.5 Å². The van der Waals surface area contributed by atoms with Crippen molar-refractivity contribution in [2.75, 3.05) is 14.2 Å². The van der Waals surface area contributed by atoms with Crippen molar-refractivity contribution in [3.8, 4) is 11.5 Å². The van der Waals surface area contributed by atoms with Gasteiger partial charge in [-0.3, -0.25) is 9.59 Å². The molecule has 0 fully saturated rings. The van der Waals surface area contributed by atoms with Crippen LogP contribution in [0.4, 0.5) is 0 Å². The molecule has 0 radical (unpaired) electrons. The number of pyridine rings is 1. The summed E-state index contributed by atoms with van der Waals surface area (Å²) in [5, 5.41) is 3.96. The first kappa shape index (κ1) is 20.9. The van der Waals surface area contributed by atoms with Gasteiger partial charge in [0.2, 0.25) is 0 Å². The first-order valence-electron chi connectivity index (χ1n) is 9.33. The second kappa shape index (κ2) is 9.56. The maximum absolute atomic E-state index is 12.7. The highest BCUT2D eigenvalue weighted by Gasteiger charge is 2.12. The Kier molecular flexibility index (Phi) is 6.64. The number of amides is 1. The van der Waals surface area contributed by atoms with E-state index in [4.69, 9.17) is 9.47 Å². The number of nitrogens with one attached hydrogen (secondary N) is 1. The van der Waals surface area contributed by atoms with Crippen LogP contribution in [0, 0.1) is 6.92 Å². The van der Waals surface area contributed by atoms with E-state index in [9.17, 15) is 9.59 Å². The van der Waals surface area contributed by atoms with Gasteiger partial charge in [0.1, 0.15) is 5.56 Å². The van der Waals surface area contributed by atoms with Crippen molar-refractivity contribution in [3.63, 3.8) is 0 Å². The Balaban J connectivity index is 1.77. The third-order valence-corrected chi connectivity index (χ3v) is 4.50. The van der Waals surface area contributed by atoms with E-state index in [0.717, 1.165) is 11.1 Å². The summed E-state index contributed by atoms with van der Waals surface area (Å²) in [6, 6.07) is 16.3. The molecule has 3 rings (SSSR count). The van der Waals surface area contributed by atoms with Crippen molar-refractivity contribution >= 4 is 12.1 Å². The molecule has 0 saturated carbocycles. The van der Waals surface area contributed by atoms with Gasteiger partial charge in [0.05, 0.1) is 27.0 Å². The molecule has 7 nitrogen and oxygen atoms in total. The van der Waals surface area contributed by atoms with Crippen molar-refractivity contribution in [3.05, 3.63) is 93.4 Å². The van der Waals surface area contributed by atoms with E-state index in [1.165, 1.54) is 31.1 Å². The van der Waals surface area contributed by atoms with Crippen LogP contribution >= 0.6 is 0 Å². The maximum Gasteiger partial charge on any atom is 0.276 e. The highest BCUT2D eigenvalue weighted by molar-refractivity contribution is 5.94. The summed E-state index contributed by atoms with van der Waals surface area (Å²) in [6.07, 6.45) is 3.10. The fourth-order valence-corrected chi connectivity index (χ4v) is 3.08. The molecule has 0 unspecified atom stereocenters. The first-order chi connectivity index (χ1) is 14.5. The predicted octanol–water partition coefficient (Wildman–Crippen LogP) is 2.99. The Morgan fingerprint density at radius 1 is 1.10 bits per heavy atom. The van der Waals surface area contributed by atoms with E-state index in [0.29, 0.717) is 23.6 Å². The number of methoxy groups -OCH3 is 2. The van der Waals surface area contributed by atoms with Gasteiger partial charge >= 0.3 is 0 Å². The zero-order valence-corrected chi connectivity index (χ0v) is 17.1. The molecule has 0 aliphatic rings. The van der Waals surface area contributed by atoms with E-state index in [-0.39, 0.29) is 11.1 Å². The van der Waals surface area contributed by atoms with E-state index < -0.39 is 5.91 Å². The lowest BCUT2D eigenvalue weighted by Crippen LogP contribution is -2.30. The molecule has 30 heavy (non-hydrogen) atoms. The summed E-state index contributed by atoms with van der Waals surface area (Å²) in [7, 11) is 3.06. The maximum atomic E-state index is 12.7. The molecular formula is C23H23N3O4. The predicted molar refractivity (Wildman–Crippen MR) is 116 cm³/mol. The average molecular weight is 405 g/mol. The summed E-state index contributed by atoms with van der Waals surface area (Å²) in [5.74, 6) is 0.463. The number of hydrogen-bond acceptors (Lipinski definition) is 5. The Morgan fingerprint density at radius 2 is 1.90 bits per heavy atom. The van der Waals surface area contributed by atoms with Crippen molar-refractivity contribution in [2.45, 2.75) is 13.5 Å². The van der Waals surface area contributed by atoms with Crippen LogP contribution in [0.1, 0.15) is 27.0 Å². The minimum absolute atomic E-state index is 0.0138. The molecule has 0 saturated heterocycles. The molecule has 0 spiro atoms. The second-order valence-electron chi connectivity index (χ2n) is 6.63. The topological polar surface area (TPSA) is 81.9 Å². The van der Waals surface area contributed by atoms with Crippen molar-refractivity contribution in [1.82, 2.24) is 9.99 Å². The average Bonchev–Trinajstić information content (AvgIpc) is 2.75. The fraction of sp³-hybridized carbons (Fsp3) is 0.174. The quantitative estimate of drug-likeness (QED) is 0.484. The Bertz CT molecular complexity index is 1140. The molecule has 1 amide bonds. The normalized spacial score (nSPS) is 10.8.